The van der Waals surface area contributed by atoms with Gasteiger partial charge in [-0.3, -0.25) is 4.79 Å². The highest BCUT2D eigenvalue weighted by Gasteiger charge is 2.28. The third kappa shape index (κ3) is 4.61. The molecule has 1 saturated heterocycles. The van der Waals surface area contributed by atoms with Gasteiger partial charge in [-0.05, 0) is 37.6 Å². The Hall–Kier alpha value is -2.39. The van der Waals surface area contributed by atoms with E-state index in [0.29, 0.717) is 30.2 Å². The molecular weight excluding hydrogens is 346 g/mol. The van der Waals surface area contributed by atoms with Crippen molar-refractivity contribution in [3.05, 3.63) is 47.1 Å². The molecule has 0 saturated carbocycles. The molecular formula is C17H20F2N4O3. The van der Waals surface area contributed by atoms with Crippen molar-refractivity contribution in [3.63, 3.8) is 0 Å². The second-order valence-corrected chi connectivity index (χ2v) is 6.17. The molecule has 0 radical (unpaired) electrons. The summed E-state index contributed by atoms with van der Waals surface area (Å²) in [5, 5.41) is 9.71. The highest BCUT2D eigenvalue weighted by atomic mass is 19.2. The SMILES string of the molecule is Cc1noc(COCC(=O)NC2CNCCC2c2ccc(F)c(F)c2)n1. The maximum absolute atomic E-state index is 13.5. The fourth-order valence-electron chi connectivity index (χ4n) is 3.03. The molecule has 1 amide bonds. The van der Waals surface area contributed by atoms with Crippen LogP contribution in [0.1, 0.15) is 29.6 Å². The second kappa shape index (κ2) is 8.33. The van der Waals surface area contributed by atoms with Crippen LogP contribution in [0.3, 0.4) is 0 Å². The molecule has 0 aliphatic carbocycles. The Kier molecular flexibility index (Phi) is 5.89. The number of piperidine rings is 1. The summed E-state index contributed by atoms with van der Waals surface area (Å²) in [6, 6.07) is 3.62. The summed E-state index contributed by atoms with van der Waals surface area (Å²) >= 11 is 0. The van der Waals surface area contributed by atoms with Gasteiger partial charge >= 0.3 is 0 Å². The van der Waals surface area contributed by atoms with Gasteiger partial charge in [-0.25, -0.2) is 8.78 Å². The molecule has 2 N–H and O–H groups in total. The lowest BCUT2D eigenvalue weighted by Crippen LogP contribution is -2.50. The summed E-state index contributed by atoms with van der Waals surface area (Å²) < 4.78 is 36.9. The molecule has 2 aromatic rings. The van der Waals surface area contributed by atoms with Crippen molar-refractivity contribution < 1.29 is 22.8 Å². The number of benzene rings is 1. The van der Waals surface area contributed by atoms with Crippen LogP contribution in [0.2, 0.25) is 0 Å². The minimum Gasteiger partial charge on any atom is -0.362 e. The van der Waals surface area contributed by atoms with E-state index in [1.54, 1.807) is 13.0 Å². The Bertz CT molecular complexity index is 768. The maximum atomic E-state index is 13.5. The number of amides is 1. The molecule has 2 atom stereocenters. The number of nitrogens with zero attached hydrogens (tertiary/aromatic N) is 2. The predicted molar refractivity (Wildman–Crippen MR) is 87.2 cm³/mol. The average molecular weight is 366 g/mol. The second-order valence-electron chi connectivity index (χ2n) is 6.17. The summed E-state index contributed by atoms with van der Waals surface area (Å²) in [6.07, 6.45) is 0.706. The first-order valence-electron chi connectivity index (χ1n) is 8.35. The molecule has 2 unspecified atom stereocenters. The third-order valence-corrected chi connectivity index (χ3v) is 4.23. The molecule has 7 nitrogen and oxygen atoms in total. The summed E-state index contributed by atoms with van der Waals surface area (Å²) in [5.74, 6) is -1.38. The van der Waals surface area contributed by atoms with Crippen LogP contribution in [0.5, 0.6) is 0 Å². The normalized spacial score (nSPS) is 20.1. The van der Waals surface area contributed by atoms with Crippen LogP contribution in [0.15, 0.2) is 22.7 Å². The Balaban J connectivity index is 1.55. The van der Waals surface area contributed by atoms with Gasteiger partial charge < -0.3 is 19.9 Å². The van der Waals surface area contributed by atoms with Crippen LogP contribution >= 0.6 is 0 Å². The zero-order chi connectivity index (χ0) is 18.5. The third-order valence-electron chi connectivity index (χ3n) is 4.23. The molecule has 0 bridgehead atoms. The molecule has 0 spiro atoms. The topological polar surface area (TPSA) is 89.3 Å². The number of nitrogens with one attached hydrogen (secondary N) is 2. The molecule has 1 aromatic carbocycles. The quantitative estimate of drug-likeness (QED) is 0.804. The summed E-state index contributed by atoms with van der Waals surface area (Å²) in [4.78, 5) is 16.1. The van der Waals surface area contributed by atoms with Crippen molar-refractivity contribution in [1.82, 2.24) is 20.8 Å². The Morgan fingerprint density at radius 3 is 3.00 bits per heavy atom. The largest absolute Gasteiger partial charge is 0.362 e. The molecule has 140 valence electrons. The lowest BCUT2D eigenvalue weighted by Gasteiger charge is -2.33. The number of carbonyl (C=O) groups is 1. The Labute approximate surface area is 149 Å². The number of hydrogen-bond donors (Lipinski definition) is 2. The predicted octanol–water partition coefficient (Wildman–Crippen LogP) is 1.43. The van der Waals surface area contributed by atoms with E-state index in [4.69, 9.17) is 9.26 Å². The first-order valence-corrected chi connectivity index (χ1v) is 8.35. The first kappa shape index (κ1) is 18.4. The van der Waals surface area contributed by atoms with Gasteiger partial charge in [0.15, 0.2) is 17.5 Å². The standard InChI is InChI=1S/C17H20F2N4O3/c1-10-21-17(26-23-10)9-25-8-16(24)22-15-7-20-5-4-12(15)11-2-3-13(18)14(19)6-11/h2-3,6,12,15,20H,4-5,7-9H2,1H3,(H,22,24). The van der Waals surface area contributed by atoms with Crippen LogP contribution in [0.25, 0.3) is 0 Å². The lowest BCUT2D eigenvalue weighted by molar-refractivity contribution is -0.127. The number of ether oxygens (including phenoxy) is 1. The minimum atomic E-state index is -0.885. The summed E-state index contributed by atoms with van der Waals surface area (Å²) in [7, 11) is 0. The summed E-state index contributed by atoms with van der Waals surface area (Å²) in [6.45, 7) is 2.85. The number of rotatable bonds is 6. The number of aromatic nitrogens is 2. The van der Waals surface area contributed by atoms with Crippen molar-refractivity contribution >= 4 is 5.91 Å². The number of carbonyl (C=O) groups excluding carboxylic acids is 1. The minimum absolute atomic E-state index is 0.0454. The molecule has 1 aliphatic heterocycles. The van der Waals surface area contributed by atoms with E-state index in [1.807, 2.05) is 0 Å². The Morgan fingerprint density at radius 1 is 1.42 bits per heavy atom. The number of hydrogen-bond acceptors (Lipinski definition) is 6. The monoisotopic (exact) mass is 366 g/mol. The van der Waals surface area contributed by atoms with E-state index in [-0.39, 0.29) is 31.1 Å². The highest BCUT2D eigenvalue weighted by molar-refractivity contribution is 5.77. The van der Waals surface area contributed by atoms with Gasteiger partial charge in [-0.2, -0.15) is 4.98 Å². The van der Waals surface area contributed by atoms with Crippen LogP contribution in [-0.2, 0) is 16.1 Å². The van der Waals surface area contributed by atoms with E-state index in [0.717, 1.165) is 12.6 Å². The van der Waals surface area contributed by atoms with Gasteiger partial charge in [0.2, 0.25) is 5.91 Å². The Morgan fingerprint density at radius 2 is 2.27 bits per heavy atom. The van der Waals surface area contributed by atoms with Crippen LogP contribution in [0.4, 0.5) is 8.78 Å². The molecule has 1 aromatic heterocycles. The molecule has 26 heavy (non-hydrogen) atoms. The average Bonchev–Trinajstić information content (AvgIpc) is 3.03. The van der Waals surface area contributed by atoms with Crippen LogP contribution in [-0.4, -0.2) is 41.8 Å². The summed E-state index contributed by atoms with van der Waals surface area (Å²) in [5.41, 5.74) is 0.665. The molecule has 2 heterocycles. The van der Waals surface area contributed by atoms with Gasteiger partial charge in [0.25, 0.3) is 5.89 Å². The fraction of sp³-hybridized carbons (Fsp3) is 0.471. The van der Waals surface area contributed by atoms with E-state index < -0.39 is 11.6 Å². The smallest absolute Gasteiger partial charge is 0.252 e. The van der Waals surface area contributed by atoms with Gasteiger partial charge in [0.1, 0.15) is 13.2 Å². The zero-order valence-corrected chi connectivity index (χ0v) is 14.3. The molecule has 1 aliphatic rings. The van der Waals surface area contributed by atoms with Crippen LogP contribution < -0.4 is 10.6 Å². The van der Waals surface area contributed by atoms with Gasteiger partial charge in [-0.15, -0.1) is 0 Å². The van der Waals surface area contributed by atoms with E-state index in [1.165, 1.54) is 6.07 Å². The zero-order valence-electron chi connectivity index (χ0n) is 14.3. The van der Waals surface area contributed by atoms with Crippen molar-refractivity contribution in [2.75, 3.05) is 19.7 Å². The van der Waals surface area contributed by atoms with Crippen molar-refractivity contribution in [2.45, 2.75) is 31.9 Å². The van der Waals surface area contributed by atoms with Crippen molar-refractivity contribution in [3.8, 4) is 0 Å². The van der Waals surface area contributed by atoms with Crippen molar-refractivity contribution in [1.29, 1.82) is 0 Å². The number of halogens is 2. The van der Waals surface area contributed by atoms with E-state index in [2.05, 4.69) is 20.8 Å². The molecule has 1 fully saturated rings. The molecule has 9 heteroatoms. The lowest BCUT2D eigenvalue weighted by atomic mass is 9.86. The molecule has 3 rings (SSSR count). The highest BCUT2D eigenvalue weighted by Crippen LogP contribution is 2.27. The number of aryl methyl sites for hydroxylation is 1. The van der Waals surface area contributed by atoms with Gasteiger partial charge in [0, 0.05) is 18.5 Å². The van der Waals surface area contributed by atoms with Gasteiger partial charge in [-0.1, -0.05) is 11.2 Å². The first-order chi connectivity index (χ1) is 12.5. The van der Waals surface area contributed by atoms with E-state index >= 15 is 0 Å². The fourth-order valence-corrected chi connectivity index (χ4v) is 3.03. The van der Waals surface area contributed by atoms with Crippen LogP contribution in [0, 0.1) is 18.6 Å². The van der Waals surface area contributed by atoms with Gasteiger partial charge in [0.05, 0.1) is 0 Å². The van der Waals surface area contributed by atoms with Crippen molar-refractivity contribution in [2.24, 2.45) is 0 Å². The van der Waals surface area contributed by atoms with E-state index in [9.17, 15) is 13.6 Å². The maximum Gasteiger partial charge on any atom is 0.252 e.